The monoisotopic (exact) mass is 240 g/mol. The molecule has 1 saturated heterocycles. The highest BCUT2D eigenvalue weighted by Crippen LogP contribution is 2.16. The quantitative estimate of drug-likeness (QED) is 0.729. The number of rotatable bonds is 5. The minimum Gasteiger partial charge on any atom is -0.374 e. The Labute approximate surface area is 102 Å². The molecule has 2 rings (SSSR count). The van der Waals surface area contributed by atoms with Crippen molar-refractivity contribution in [2.45, 2.75) is 12.5 Å². The lowest BCUT2D eigenvalue weighted by molar-refractivity contribution is 0.139. The maximum Gasteiger partial charge on any atom is 0.113 e. The van der Waals surface area contributed by atoms with Gasteiger partial charge in [0.2, 0.25) is 0 Å². The second kappa shape index (κ2) is 6.89. The Morgan fingerprint density at radius 2 is 2.24 bits per heavy atom. The van der Waals surface area contributed by atoms with Gasteiger partial charge in [-0.25, -0.2) is 4.39 Å². The minimum absolute atomic E-state index is 0.201. The first-order valence-corrected chi connectivity index (χ1v) is 6.36. The van der Waals surface area contributed by atoms with Gasteiger partial charge in [-0.1, -0.05) is 18.2 Å². The standard InChI is InChI=1S/C13H21FN2O/c14-5-10-17-11-12-1-3-13(4-2-12)16-8-6-15-7-9-16/h1-3,13,15H,4-11H2. The van der Waals surface area contributed by atoms with E-state index in [2.05, 4.69) is 28.4 Å². The normalized spacial score (nSPS) is 25.9. The van der Waals surface area contributed by atoms with E-state index in [1.807, 2.05) is 0 Å². The molecule has 3 nitrogen and oxygen atoms in total. The molecule has 96 valence electrons. The van der Waals surface area contributed by atoms with Gasteiger partial charge in [0.05, 0.1) is 13.2 Å². The van der Waals surface area contributed by atoms with E-state index in [1.54, 1.807) is 0 Å². The Morgan fingerprint density at radius 1 is 1.41 bits per heavy atom. The van der Waals surface area contributed by atoms with Crippen molar-refractivity contribution in [1.29, 1.82) is 0 Å². The summed E-state index contributed by atoms with van der Waals surface area (Å²) < 4.78 is 17.1. The Hall–Kier alpha value is -0.710. The van der Waals surface area contributed by atoms with E-state index >= 15 is 0 Å². The van der Waals surface area contributed by atoms with Crippen molar-refractivity contribution < 1.29 is 9.13 Å². The molecule has 0 aromatic rings. The van der Waals surface area contributed by atoms with Crippen LogP contribution in [0, 0.1) is 0 Å². The molecule has 1 heterocycles. The number of nitrogens with zero attached hydrogens (tertiary/aromatic N) is 1. The highest BCUT2D eigenvalue weighted by molar-refractivity contribution is 5.25. The molecule has 0 amide bonds. The molecule has 4 heteroatoms. The summed E-state index contributed by atoms with van der Waals surface area (Å²) in [6.45, 7) is 4.75. The van der Waals surface area contributed by atoms with E-state index in [4.69, 9.17) is 4.74 Å². The third-order valence-corrected chi connectivity index (χ3v) is 3.26. The van der Waals surface area contributed by atoms with E-state index in [1.165, 1.54) is 5.57 Å². The number of halogens is 1. The Kier molecular flexibility index (Phi) is 5.16. The molecule has 2 aliphatic rings. The number of alkyl halides is 1. The zero-order chi connectivity index (χ0) is 11.9. The highest BCUT2D eigenvalue weighted by Gasteiger charge is 2.18. The van der Waals surface area contributed by atoms with Crippen molar-refractivity contribution in [3.63, 3.8) is 0 Å². The first-order chi connectivity index (χ1) is 8.40. The number of hydrogen-bond acceptors (Lipinski definition) is 3. The van der Waals surface area contributed by atoms with Crippen LogP contribution in [0.3, 0.4) is 0 Å². The van der Waals surface area contributed by atoms with Crippen LogP contribution in [0.4, 0.5) is 4.39 Å². The topological polar surface area (TPSA) is 24.5 Å². The van der Waals surface area contributed by atoms with Gasteiger partial charge in [0, 0.05) is 32.2 Å². The second-order valence-corrected chi connectivity index (χ2v) is 4.47. The summed E-state index contributed by atoms with van der Waals surface area (Å²) in [5, 5.41) is 3.36. The molecule has 0 radical (unpaired) electrons. The highest BCUT2D eigenvalue weighted by atomic mass is 19.1. The van der Waals surface area contributed by atoms with Gasteiger partial charge in [-0.3, -0.25) is 4.90 Å². The SMILES string of the molecule is FCCOCC1=CCC(N2CCNCC2)C=C1. The van der Waals surface area contributed by atoms with Gasteiger partial charge in [-0.15, -0.1) is 0 Å². The average molecular weight is 240 g/mol. The average Bonchev–Trinajstić information content (AvgIpc) is 2.41. The molecule has 0 bridgehead atoms. The first kappa shape index (κ1) is 12.7. The van der Waals surface area contributed by atoms with E-state index in [0.29, 0.717) is 12.6 Å². The predicted octanol–water partition coefficient (Wildman–Crippen LogP) is 1.13. The van der Waals surface area contributed by atoms with E-state index in [-0.39, 0.29) is 6.61 Å². The lowest BCUT2D eigenvalue weighted by atomic mass is 10.0. The zero-order valence-electron chi connectivity index (χ0n) is 10.2. The van der Waals surface area contributed by atoms with Crippen LogP contribution < -0.4 is 5.32 Å². The van der Waals surface area contributed by atoms with Crippen LogP contribution in [0.15, 0.2) is 23.8 Å². The van der Waals surface area contributed by atoms with Gasteiger partial charge in [-0.05, 0) is 12.0 Å². The summed E-state index contributed by atoms with van der Waals surface area (Å²) in [5.41, 5.74) is 1.17. The van der Waals surface area contributed by atoms with E-state index in [9.17, 15) is 4.39 Å². The molecule has 1 unspecified atom stereocenters. The van der Waals surface area contributed by atoms with Crippen molar-refractivity contribution in [1.82, 2.24) is 10.2 Å². The first-order valence-electron chi connectivity index (χ1n) is 6.36. The van der Waals surface area contributed by atoms with Crippen LogP contribution in [0.2, 0.25) is 0 Å². The third kappa shape index (κ3) is 3.91. The third-order valence-electron chi connectivity index (χ3n) is 3.26. The van der Waals surface area contributed by atoms with Gasteiger partial charge in [0.25, 0.3) is 0 Å². The molecule has 0 aromatic heterocycles. The molecule has 1 fully saturated rings. The van der Waals surface area contributed by atoms with Crippen molar-refractivity contribution >= 4 is 0 Å². The van der Waals surface area contributed by atoms with Crippen molar-refractivity contribution in [3.8, 4) is 0 Å². The van der Waals surface area contributed by atoms with Crippen LogP contribution in [-0.4, -0.2) is 57.0 Å². The lowest BCUT2D eigenvalue weighted by Crippen LogP contribution is -2.48. The molecule has 1 aliphatic carbocycles. The number of ether oxygens (including phenoxy) is 1. The molecule has 0 spiro atoms. The zero-order valence-corrected chi connectivity index (χ0v) is 10.2. The van der Waals surface area contributed by atoms with Crippen molar-refractivity contribution in [2.24, 2.45) is 0 Å². The fourth-order valence-electron chi connectivity index (χ4n) is 2.29. The van der Waals surface area contributed by atoms with Crippen LogP contribution in [0.1, 0.15) is 6.42 Å². The predicted molar refractivity (Wildman–Crippen MR) is 66.9 cm³/mol. The van der Waals surface area contributed by atoms with Gasteiger partial charge >= 0.3 is 0 Å². The van der Waals surface area contributed by atoms with E-state index in [0.717, 1.165) is 32.6 Å². The molecule has 0 saturated carbocycles. The van der Waals surface area contributed by atoms with E-state index < -0.39 is 6.67 Å². The Bertz CT molecular complexity index is 285. The molecule has 1 N–H and O–H groups in total. The summed E-state index contributed by atoms with van der Waals surface area (Å²) >= 11 is 0. The number of hydrogen-bond donors (Lipinski definition) is 1. The van der Waals surface area contributed by atoms with Crippen LogP contribution in [0.5, 0.6) is 0 Å². The largest absolute Gasteiger partial charge is 0.374 e. The summed E-state index contributed by atoms with van der Waals surface area (Å²) in [7, 11) is 0. The summed E-state index contributed by atoms with van der Waals surface area (Å²) in [6, 6.07) is 0.530. The van der Waals surface area contributed by atoms with Gasteiger partial charge in [0.1, 0.15) is 6.67 Å². The molecule has 0 aromatic carbocycles. The Balaban J connectivity index is 1.74. The second-order valence-electron chi connectivity index (χ2n) is 4.47. The minimum atomic E-state index is -0.402. The maximum absolute atomic E-state index is 11.9. The fraction of sp³-hybridized carbons (Fsp3) is 0.692. The van der Waals surface area contributed by atoms with Gasteiger partial charge in [-0.2, -0.15) is 0 Å². The molecule has 17 heavy (non-hydrogen) atoms. The van der Waals surface area contributed by atoms with Crippen LogP contribution >= 0.6 is 0 Å². The Morgan fingerprint density at radius 3 is 2.88 bits per heavy atom. The molecule has 1 aliphatic heterocycles. The number of nitrogens with one attached hydrogen (secondary N) is 1. The molecule has 1 atom stereocenters. The molecular formula is C13H21FN2O. The van der Waals surface area contributed by atoms with Gasteiger partial charge < -0.3 is 10.1 Å². The fourth-order valence-corrected chi connectivity index (χ4v) is 2.29. The van der Waals surface area contributed by atoms with Crippen LogP contribution in [-0.2, 0) is 4.74 Å². The van der Waals surface area contributed by atoms with Crippen molar-refractivity contribution in [3.05, 3.63) is 23.8 Å². The van der Waals surface area contributed by atoms with Crippen LogP contribution in [0.25, 0.3) is 0 Å². The number of piperazine rings is 1. The summed E-state index contributed by atoms with van der Waals surface area (Å²) in [6.07, 6.45) is 7.63. The lowest BCUT2D eigenvalue weighted by Gasteiger charge is -2.34. The smallest absolute Gasteiger partial charge is 0.113 e. The maximum atomic E-state index is 11.9. The van der Waals surface area contributed by atoms with Crippen molar-refractivity contribution in [2.75, 3.05) is 46.1 Å². The molecular weight excluding hydrogens is 219 g/mol. The summed E-state index contributed by atoms with van der Waals surface area (Å²) in [5.74, 6) is 0. The summed E-state index contributed by atoms with van der Waals surface area (Å²) in [4.78, 5) is 2.50. The van der Waals surface area contributed by atoms with Gasteiger partial charge in [0.15, 0.2) is 0 Å².